The summed E-state index contributed by atoms with van der Waals surface area (Å²) in [6, 6.07) is 7.74. The number of rotatable bonds is 6. The van der Waals surface area contributed by atoms with Crippen LogP contribution in [0.1, 0.15) is 26.7 Å². The summed E-state index contributed by atoms with van der Waals surface area (Å²) in [5.41, 5.74) is 0.300. The fourth-order valence-corrected chi connectivity index (χ4v) is 1.80. The summed E-state index contributed by atoms with van der Waals surface area (Å²) >= 11 is 0. The number of ether oxygens (including phenoxy) is 1. The molecule has 1 heterocycles. The number of hydrogen-bond donors (Lipinski definition) is 1. The zero-order chi connectivity index (χ0) is 13.7. The molecule has 102 valence electrons. The maximum absolute atomic E-state index is 10.2. The van der Waals surface area contributed by atoms with Gasteiger partial charge in [-0.05, 0) is 37.1 Å². The number of imidazole rings is 1. The van der Waals surface area contributed by atoms with E-state index in [1.807, 2.05) is 48.9 Å². The third kappa shape index (κ3) is 3.35. The Labute approximate surface area is 113 Å². The van der Waals surface area contributed by atoms with Gasteiger partial charge in [0, 0.05) is 18.1 Å². The van der Waals surface area contributed by atoms with Crippen molar-refractivity contribution in [1.29, 1.82) is 0 Å². The van der Waals surface area contributed by atoms with Crippen LogP contribution in [0.2, 0.25) is 0 Å². The van der Waals surface area contributed by atoms with E-state index in [1.54, 1.807) is 12.5 Å². The van der Waals surface area contributed by atoms with E-state index < -0.39 is 5.60 Å². The molecule has 0 radical (unpaired) electrons. The Kier molecular flexibility index (Phi) is 4.22. The number of aliphatic hydroxyl groups is 1. The SMILES string of the molecule is CCC(O)(CC)COc1ccc(-n2ccnc2)cc1. The molecule has 4 heteroatoms. The first-order chi connectivity index (χ1) is 9.17. The topological polar surface area (TPSA) is 47.3 Å². The largest absolute Gasteiger partial charge is 0.491 e. The summed E-state index contributed by atoms with van der Waals surface area (Å²) in [7, 11) is 0. The maximum Gasteiger partial charge on any atom is 0.119 e. The summed E-state index contributed by atoms with van der Waals surface area (Å²) in [5, 5.41) is 10.2. The van der Waals surface area contributed by atoms with Crippen LogP contribution in [0.25, 0.3) is 5.69 Å². The molecular formula is C15H20N2O2. The van der Waals surface area contributed by atoms with E-state index in [9.17, 15) is 5.11 Å². The summed E-state index contributed by atoms with van der Waals surface area (Å²) in [4.78, 5) is 4.01. The molecule has 19 heavy (non-hydrogen) atoms. The zero-order valence-electron chi connectivity index (χ0n) is 11.4. The molecule has 2 rings (SSSR count). The van der Waals surface area contributed by atoms with Crippen LogP contribution in [-0.2, 0) is 0 Å². The van der Waals surface area contributed by atoms with Gasteiger partial charge >= 0.3 is 0 Å². The number of hydrogen-bond acceptors (Lipinski definition) is 3. The quantitative estimate of drug-likeness (QED) is 0.868. The minimum absolute atomic E-state index is 0.324. The smallest absolute Gasteiger partial charge is 0.119 e. The fraction of sp³-hybridized carbons (Fsp3) is 0.400. The average molecular weight is 260 g/mol. The first-order valence-electron chi connectivity index (χ1n) is 6.60. The van der Waals surface area contributed by atoms with Gasteiger partial charge in [-0.15, -0.1) is 0 Å². The third-order valence-electron chi connectivity index (χ3n) is 3.46. The van der Waals surface area contributed by atoms with Gasteiger partial charge in [-0.25, -0.2) is 4.98 Å². The van der Waals surface area contributed by atoms with E-state index in [-0.39, 0.29) is 0 Å². The molecule has 0 unspecified atom stereocenters. The van der Waals surface area contributed by atoms with Gasteiger partial charge in [-0.2, -0.15) is 0 Å². The summed E-state index contributed by atoms with van der Waals surface area (Å²) < 4.78 is 7.58. The van der Waals surface area contributed by atoms with Crippen LogP contribution in [-0.4, -0.2) is 26.9 Å². The highest BCUT2D eigenvalue weighted by atomic mass is 16.5. The standard InChI is InChI=1S/C15H20N2O2/c1-3-15(18,4-2)11-19-14-7-5-13(6-8-14)17-10-9-16-12-17/h5-10,12,18H,3-4,11H2,1-2H3. The molecule has 0 amide bonds. The maximum atomic E-state index is 10.2. The normalized spacial score (nSPS) is 11.5. The van der Waals surface area contributed by atoms with Gasteiger partial charge in [0.25, 0.3) is 0 Å². The molecule has 0 atom stereocenters. The molecule has 0 aliphatic heterocycles. The molecule has 0 aliphatic carbocycles. The molecule has 4 nitrogen and oxygen atoms in total. The van der Waals surface area contributed by atoms with Gasteiger partial charge in [0.05, 0.1) is 11.9 Å². The van der Waals surface area contributed by atoms with Crippen molar-refractivity contribution in [1.82, 2.24) is 9.55 Å². The van der Waals surface area contributed by atoms with Gasteiger partial charge in [0.2, 0.25) is 0 Å². The van der Waals surface area contributed by atoms with Gasteiger partial charge in [-0.3, -0.25) is 0 Å². The van der Waals surface area contributed by atoms with Crippen molar-refractivity contribution in [3.05, 3.63) is 43.0 Å². The molecule has 2 aromatic rings. The van der Waals surface area contributed by atoms with Crippen LogP contribution in [0.15, 0.2) is 43.0 Å². The fourth-order valence-electron chi connectivity index (χ4n) is 1.80. The van der Waals surface area contributed by atoms with Crippen LogP contribution in [0.5, 0.6) is 5.75 Å². The van der Waals surface area contributed by atoms with Crippen molar-refractivity contribution < 1.29 is 9.84 Å². The lowest BCUT2D eigenvalue weighted by Gasteiger charge is -2.25. The molecule has 1 aromatic heterocycles. The second-order valence-corrected chi connectivity index (χ2v) is 4.68. The Morgan fingerprint density at radius 3 is 2.42 bits per heavy atom. The highest BCUT2D eigenvalue weighted by Crippen LogP contribution is 2.19. The second kappa shape index (κ2) is 5.89. The lowest BCUT2D eigenvalue weighted by atomic mass is 9.99. The molecule has 1 N–H and O–H groups in total. The van der Waals surface area contributed by atoms with E-state index in [0.717, 1.165) is 11.4 Å². The van der Waals surface area contributed by atoms with E-state index in [0.29, 0.717) is 19.4 Å². The monoisotopic (exact) mass is 260 g/mol. The first kappa shape index (κ1) is 13.6. The predicted octanol–water partition coefficient (Wildman–Crippen LogP) is 2.80. The van der Waals surface area contributed by atoms with Crippen LogP contribution in [0, 0.1) is 0 Å². The van der Waals surface area contributed by atoms with Gasteiger partial charge in [0.1, 0.15) is 12.4 Å². The van der Waals surface area contributed by atoms with Crippen molar-refractivity contribution in [2.45, 2.75) is 32.3 Å². The molecule has 0 saturated carbocycles. The lowest BCUT2D eigenvalue weighted by Crippen LogP contribution is -2.34. The average Bonchev–Trinajstić information content (AvgIpc) is 2.99. The molecule has 0 aliphatic rings. The molecule has 0 spiro atoms. The van der Waals surface area contributed by atoms with Gasteiger partial charge in [-0.1, -0.05) is 13.8 Å². The highest BCUT2D eigenvalue weighted by Gasteiger charge is 2.22. The van der Waals surface area contributed by atoms with Crippen LogP contribution in [0.4, 0.5) is 0 Å². The third-order valence-corrected chi connectivity index (χ3v) is 3.46. The van der Waals surface area contributed by atoms with Crippen molar-refractivity contribution in [2.24, 2.45) is 0 Å². The Bertz CT molecular complexity index is 487. The van der Waals surface area contributed by atoms with E-state index in [1.165, 1.54) is 0 Å². The van der Waals surface area contributed by atoms with E-state index in [2.05, 4.69) is 4.98 Å². The van der Waals surface area contributed by atoms with Gasteiger partial charge < -0.3 is 14.4 Å². The van der Waals surface area contributed by atoms with Crippen molar-refractivity contribution in [2.75, 3.05) is 6.61 Å². The zero-order valence-corrected chi connectivity index (χ0v) is 11.4. The Hall–Kier alpha value is -1.81. The Morgan fingerprint density at radius 2 is 1.89 bits per heavy atom. The van der Waals surface area contributed by atoms with Crippen LogP contribution >= 0.6 is 0 Å². The summed E-state index contributed by atoms with van der Waals surface area (Å²) in [5.74, 6) is 0.768. The summed E-state index contributed by atoms with van der Waals surface area (Å²) in [6.45, 7) is 4.26. The van der Waals surface area contributed by atoms with E-state index >= 15 is 0 Å². The minimum Gasteiger partial charge on any atom is -0.491 e. The van der Waals surface area contributed by atoms with Crippen LogP contribution in [0.3, 0.4) is 0 Å². The molecular weight excluding hydrogens is 240 g/mol. The van der Waals surface area contributed by atoms with Crippen molar-refractivity contribution >= 4 is 0 Å². The molecule has 0 saturated heterocycles. The second-order valence-electron chi connectivity index (χ2n) is 4.68. The molecule has 0 bridgehead atoms. The summed E-state index contributed by atoms with van der Waals surface area (Å²) in [6.07, 6.45) is 6.77. The Morgan fingerprint density at radius 1 is 1.21 bits per heavy atom. The van der Waals surface area contributed by atoms with Crippen molar-refractivity contribution in [3.63, 3.8) is 0 Å². The Balaban J connectivity index is 2.00. The molecule has 0 fully saturated rings. The minimum atomic E-state index is -0.733. The number of nitrogens with zero attached hydrogens (tertiary/aromatic N) is 2. The van der Waals surface area contributed by atoms with Gasteiger partial charge in [0.15, 0.2) is 0 Å². The predicted molar refractivity (Wildman–Crippen MR) is 74.6 cm³/mol. The molecule has 1 aromatic carbocycles. The van der Waals surface area contributed by atoms with Crippen molar-refractivity contribution in [3.8, 4) is 11.4 Å². The van der Waals surface area contributed by atoms with E-state index in [4.69, 9.17) is 4.74 Å². The lowest BCUT2D eigenvalue weighted by molar-refractivity contribution is -0.0113. The van der Waals surface area contributed by atoms with Crippen LogP contribution < -0.4 is 4.74 Å². The highest BCUT2D eigenvalue weighted by molar-refractivity contribution is 5.37. The number of benzene rings is 1. The number of aromatic nitrogens is 2. The first-order valence-corrected chi connectivity index (χ1v) is 6.60.